The third kappa shape index (κ3) is 2.59. The summed E-state index contributed by atoms with van der Waals surface area (Å²) in [6.07, 6.45) is 0. The third-order valence-electron chi connectivity index (χ3n) is 3.44. The van der Waals surface area contributed by atoms with Gasteiger partial charge in [0.15, 0.2) is 11.5 Å². The van der Waals surface area contributed by atoms with Crippen LogP contribution in [0, 0.1) is 6.92 Å². The van der Waals surface area contributed by atoms with E-state index in [1.54, 1.807) is 0 Å². The van der Waals surface area contributed by atoms with Gasteiger partial charge in [0.05, 0.1) is 4.83 Å². The first-order chi connectivity index (χ1) is 9.66. The first-order valence-electron chi connectivity index (χ1n) is 6.45. The number of ether oxygens (including phenoxy) is 2. The average Bonchev–Trinajstić information content (AvgIpc) is 2.49. The summed E-state index contributed by atoms with van der Waals surface area (Å²) in [6.45, 7) is 3.35. The molecule has 0 saturated heterocycles. The highest BCUT2D eigenvalue weighted by molar-refractivity contribution is 9.10. The van der Waals surface area contributed by atoms with Crippen molar-refractivity contribution in [1.29, 1.82) is 0 Å². The molecule has 0 N–H and O–H groups in total. The molecule has 4 heteroatoms. The molecule has 104 valence electrons. The Bertz CT molecular complexity index is 640. The van der Waals surface area contributed by atoms with Crippen molar-refractivity contribution >= 4 is 31.9 Å². The van der Waals surface area contributed by atoms with Crippen LogP contribution in [0.4, 0.5) is 0 Å². The molecule has 0 spiro atoms. The van der Waals surface area contributed by atoms with Crippen LogP contribution in [-0.2, 0) is 0 Å². The molecule has 2 aromatic carbocycles. The van der Waals surface area contributed by atoms with Crippen molar-refractivity contribution in [2.45, 2.75) is 11.8 Å². The SMILES string of the molecule is Cc1c(Br)cccc1C(Br)c1ccc2c(c1)OCCO2. The lowest BCUT2D eigenvalue weighted by molar-refractivity contribution is 0.171. The number of alkyl halides is 1. The van der Waals surface area contributed by atoms with Crippen molar-refractivity contribution in [2.24, 2.45) is 0 Å². The van der Waals surface area contributed by atoms with Crippen LogP contribution in [0.3, 0.4) is 0 Å². The van der Waals surface area contributed by atoms with Crippen LogP contribution in [0.15, 0.2) is 40.9 Å². The van der Waals surface area contributed by atoms with Crippen LogP contribution in [-0.4, -0.2) is 13.2 Å². The molecular formula is C16H14Br2O2. The maximum Gasteiger partial charge on any atom is 0.161 e. The molecule has 0 bridgehead atoms. The first kappa shape index (κ1) is 14.0. The maximum atomic E-state index is 5.65. The number of hydrogen-bond acceptors (Lipinski definition) is 2. The van der Waals surface area contributed by atoms with Crippen LogP contribution >= 0.6 is 31.9 Å². The van der Waals surface area contributed by atoms with Gasteiger partial charge in [0, 0.05) is 4.47 Å². The second-order valence-electron chi connectivity index (χ2n) is 4.72. The summed E-state index contributed by atoms with van der Waals surface area (Å²) in [6, 6.07) is 12.4. The lowest BCUT2D eigenvalue weighted by atomic mass is 10.00. The topological polar surface area (TPSA) is 18.5 Å². The van der Waals surface area contributed by atoms with Crippen molar-refractivity contribution in [3.8, 4) is 11.5 Å². The zero-order chi connectivity index (χ0) is 14.1. The number of rotatable bonds is 2. The zero-order valence-electron chi connectivity index (χ0n) is 11.0. The van der Waals surface area contributed by atoms with E-state index < -0.39 is 0 Å². The van der Waals surface area contributed by atoms with E-state index in [2.05, 4.69) is 63.0 Å². The van der Waals surface area contributed by atoms with E-state index in [4.69, 9.17) is 9.47 Å². The van der Waals surface area contributed by atoms with E-state index in [1.165, 1.54) is 11.1 Å². The lowest BCUT2D eigenvalue weighted by Crippen LogP contribution is -2.15. The Labute approximate surface area is 135 Å². The molecular weight excluding hydrogens is 384 g/mol. The lowest BCUT2D eigenvalue weighted by Gasteiger charge is -2.21. The van der Waals surface area contributed by atoms with Gasteiger partial charge in [0.2, 0.25) is 0 Å². The molecule has 1 atom stereocenters. The Morgan fingerprint density at radius 3 is 2.60 bits per heavy atom. The highest BCUT2D eigenvalue weighted by Crippen LogP contribution is 2.39. The van der Waals surface area contributed by atoms with Gasteiger partial charge in [-0.25, -0.2) is 0 Å². The minimum Gasteiger partial charge on any atom is -0.486 e. The minimum absolute atomic E-state index is 0.135. The summed E-state index contributed by atoms with van der Waals surface area (Å²) in [5.41, 5.74) is 3.65. The molecule has 2 nitrogen and oxygen atoms in total. The van der Waals surface area contributed by atoms with Gasteiger partial charge in [0.1, 0.15) is 13.2 Å². The van der Waals surface area contributed by atoms with Gasteiger partial charge < -0.3 is 9.47 Å². The number of hydrogen-bond donors (Lipinski definition) is 0. The molecule has 0 aromatic heterocycles. The fourth-order valence-electron chi connectivity index (χ4n) is 2.30. The largest absolute Gasteiger partial charge is 0.486 e. The van der Waals surface area contributed by atoms with Crippen LogP contribution < -0.4 is 9.47 Å². The van der Waals surface area contributed by atoms with Crippen LogP contribution in [0.2, 0.25) is 0 Å². The molecule has 1 aliphatic heterocycles. The predicted molar refractivity (Wildman–Crippen MR) is 87.1 cm³/mol. The Hall–Kier alpha value is -1.00. The molecule has 2 aromatic rings. The Morgan fingerprint density at radius 2 is 1.80 bits per heavy atom. The smallest absolute Gasteiger partial charge is 0.161 e. The normalized spacial score (nSPS) is 14.9. The van der Waals surface area contributed by atoms with Gasteiger partial charge in [-0.2, -0.15) is 0 Å². The molecule has 0 fully saturated rings. The Morgan fingerprint density at radius 1 is 1.05 bits per heavy atom. The molecule has 0 radical (unpaired) electrons. The van der Waals surface area contributed by atoms with Crippen molar-refractivity contribution in [3.05, 3.63) is 57.6 Å². The van der Waals surface area contributed by atoms with E-state index in [0.29, 0.717) is 13.2 Å². The summed E-state index contributed by atoms with van der Waals surface area (Å²) >= 11 is 7.37. The Balaban J connectivity index is 1.98. The molecule has 0 aliphatic carbocycles. The van der Waals surface area contributed by atoms with Gasteiger partial charge >= 0.3 is 0 Å². The van der Waals surface area contributed by atoms with Crippen LogP contribution in [0.1, 0.15) is 21.5 Å². The quantitative estimate of drug-likeness (QED) is 0.663. The molecule has 0 amide bonds. The standard InChI is InChI=1S/C16H14Br2O2/c1-10-12(3-2-4-13(10)17)16(18)11-5-6-14-15(9-11)20-8-7-19-14/h2-6,9,16H,7-8H2,1H3. The van der Waals surface area contributed by atoms with E-state index in [1.807, 2.05) is 12.1 Å². The second kappa shape index (κ2) is 5.78. The second-order valence-corrected chi connectivity index (χ2v) is 6.49. The summed E-state index contributed by atoms with van der Waals surface area (Å²) in [5.74, 6) is 1.65. The number of benzene rings is 2. The molecule has 3 rings (SSSR count). The van der Waals surface area contributed by atoms with E-state index >= 15 is 0 Å². The molecule has 1 aliphatic rings. The first-order valence-corrected chi connectivity index (χ1v) is 8.16. The van der Waals surface area contributed by atoms with Gasteiger partial charge in [-0.15, -0.1) is 0 Å². The van der Waals surface area contributed by atoms with Crippen molar-refractivity contribution in [3.63, 3.8) is 0 Å². The molecule has 0 saturated carbocycles. The fraction of sp³-hybridized carbons (Fsp3) is 0.250. The van der Waals surface area contributed by atoms with Gasteiger partial charge in [-0.05, 0) is 41.8 Å². The van der Waals surface area contributed by atoms with Gasteiger partial charge in [0.25, 0.3) is 0 Å². The maximum absolute atomic E-state index is 5.65. The Kier molecular flexibility index (Phi) is 4.03. The van der Waals surface area contributed by atoms with Crippen molar-refractivity contribution < 1.29 is 9.47 Å². The molecule has 20 heavy (non-hydrogen) atoms. The highest BCUT2D eigenvalue weighted by atomic mass is 79.9. The van der Waals surface area contributed by atoms with Crippen LogP contribution in [0.5, 0.6) is 11.5 Å². The molecule has 1 unspecified atom stereocenters. The number of fused-ring (bicyclic) bond motifs is 1. The number of halogens is 2. The third-order valence-corrected chi connectivity index (χ3v) is 5.32. The van der Waals surface area contributed by atoms with E-state index in [0.717, 1.165) is 21.5 Å². The van der Waals surface area contributed by atoms with Gasteiger partial charge in [-0.1, -0.05) is 50.1 Å². The minimum atomic E-state index is 0.135. The summed E-state index contributed by atoms with van der Waals surface area (Å²) in [7, 11) is 0. The van der Waals surface area contributed by atoms with E-state index in [9.17, 15) is 0 Å². The fourth-order valence-corrected chi connectivity index (χ4v) is 3.46. The van der Waals surface area contributed by atoms with Gasteiger partial charge in [-0.3, -0.25) is 0 Å². The summed E-state index contributed by atoms with van der Waals surface area (Å²) in [4.78, 5) is 0.135. The zero-order valence-corrected chi connectivity index (χ0v) is 14.2. The predicted octanol–water partition coefficient (Wildman–Crippen LogP) is 5.01. The van der Waals surface area contributed by atoms with Crippen LogP contribution in [0.25, 0.3) is 0 Å². The summed E-state index contributed by atoms with van der Waals surface area (Å²) < 4.78 is 12.3. The van der Waals surface area contributed by atoms with Crippen molar-refractivity contribution in [1.82, 2.24) is 0 Å². The summed E-state index contributed by atoms with van der Waals surface area (Å²) in [5, 5.41) is 0. The highest BCUT2D eigenvalue weighted by Gasteiger charge is 2.18. The molecule has 1 heterocycles. The van der Waals surface area contributed by atoms with E-state index in [-0.39, 0.29) is 4.83 Å². The van der Waals surface area contributed by atoms with Crippen molar-refractivity contribution in [2.75, 3.05) is 13.2 Å². The average molecular weight is 398 g/mol. The monoisotopic (exact) mass is 396 g/mol.